The highest BCUT2D eigenvalue weighted by Gasteiger charge is 2.24. The summed E-state index contributed by atoms with van der Waals surface area (Å²) in [5.74, 6) is 0.917. The van der Waals surface area contributed by atoms with Gasteiger partial charge in [-0.3, -0.25) is 0 Å². The number of likely N-dealkylation sites (N-methyl/N-ethyl adjacent to an activating group) is 1. The molecule has 1 aromatic heterocycles. The second kappa shape index (κ2) is 6.74. The summed E-state index contributed by atoms with van der Waals surface area (Å²) in [4.78, 5) is 9.24. The van der Waals surface area contributed by atoms with Crippen molar-refractivity contribution in [3.63, 3.8) is 0 Å². The minimum Gasteiger partial charge on any atom is -0.350 e. The lowest BCUT2D eigenvalue weighted by atomic mass is 10.2. The van der Waals surface area contributed by atoms with Crippen molar-refractivity contribution in [3.8, 4) is 0 Å². The summed E-state index contributed by atoms with van der Waals surface area (Å²) in [5, 5.41) is 4.14. The smallest absolute Gasteiger partial charge is 0.147 e. The fraction of sp³-hybridized carbons (Fsp3) is 0.667. The molecule has 2 rings (SSSR count). The number of nitrogens with one attached hydrogen (secondary N) is 1. The van der Waals surface area contributed by atoms with Gasteiger partial charge >= 0.3 is 0 Å². The highest BCUT2D eigenvalue weighted by Crippen LogP contribution is 2.27. The molecule has 1 aliphatic heterocycles. The molecule has 1 unspecified atom stereocenters. The summed E-state index contributed by atoms with van der Waals surface area (Å²) in [6.45, 7) is 10.4. The van der Waals surface area contributed by atoms with Crippen LogP contribution in [-0.4, -0.2) is 48.6 Å². The van der Waals surface area contributed by atoms with Crippen molar-refractivity contribution in [2.45, 2.75) is 39.4 Å². The van der Waals surface area contributed by atoms with E-state index in [0.717, 1.165) is 42.6 Å². The maximum absolute atomic E-state index is 6.43. The SMILES string of the molecule is CC(C)NCc1cnc(N2CCN(C)CC2C)c(Cl)c1. The number of nitrogens with zero attached hydrogens (tertiary/aromatic N) is 3. The molecule has 0 spiro atoms. The van der Waals surface area contributed by atoms with Crippen LogP contribution in [0.15, 0.2) is 12.3 Å². The second-order valence-corrected chi connectivity index (χ2v) is 6.40. The maximum atomic E-state index is 6.43. The summed E-state index contributed by atoms with van der Waals surface area (Å²) in [7, 11) is 2.16. The van der Waals surface area contributed by atoms with Crippen molar-refractivity contribution in [1.29, 1.82) is 0 Å². The fourth-order valence-corrected chi connectivity index (χ4v) is 2.85. The molecule has 0 bridgehead atoms. The molecule has 0 amide bonds. The average Bonchev–Trinajstić information content (AvgIpc) is 2.37. The third kappa shape index (κ3) is 3.84. The van der Waals surface area contributed by atoms with E-state index in [0.29, 0.717) is 12.1 Å². The number of anilines is 1. The largest absolute Gasteiger partial charge is 0.350 e. The lowest BCUT2D eigenvalue weighted by Gasteiger charge is -2.39. The standard InChI is InChI=1S/C15H25ClN4/c1-11(2)17-8-13-7-14(16)15(18-9-13)20-6-5-19(4)10-12(20)3/h7,9,11-12,17H,5-6,8,10H2,1-4H3. The zero-order chi connectivity index (χ0) is 14.7. The van der Waals surface area contributed by atoms with E-state index in [-0.39, 0.29) is 0 Å². The van der Waals surface area contributed by atoms with Crippen molar-refractivity contribution >= 4 is 17.4 Å². The quantitative estimate of drug-likeness (QED) is 0.924. The molecular formula is C15H25ClN4. The number of hydrogen-bond acceptors (Lipinski definition) is 4. The molecular weight excluding hydrogens is 272 g/mol. The van der Waals surface area contributed by atoms with Gasteiger partial charge in [0.25, 0.3) is 0 Å². The number of hydrogen-bond donors (Lipinski definition) is 1. The van der Waals surface area contributed by atoms with Crippen LogP contribution in [0.5, 0.6) is 0 Å². The van der Waals surface area contributed by atoms with E-state index in [9.17, 15) is 0 Å². The van der Waals surface area contributed by atoms with Gasteiger partial charge < -0.3 is 15.1 Å². The van der Waals surface area contributed by atoms with E-state index in [4.69, 9.17) is 11.6 Å². The molecule has 1 aromatic rings. The zero-order valence-electron chi connectivity index (χ0n) is 12.9. The van der Waals surface area contributed by atoms with Gasteiger partial charge in [-0.1, -0.05) is 25.4 Å². The summed E-state index contributed by atoms with van der Waals surface area (Å²) in [5.41, 5.74) is 1.13. The van der Waals surface area contributed by atoms with E-state index < -0.39 is 0 Å². The summed E-state index contributed by atoms with van der Waals surface area (Å²) in [6, 6.07) is 2.94. The van der Waals surface area contributed by atoms with Gasteiger partial charge in [0.2, 0.25) is 0 Å². The molecule has 5 heteroatoms. The Kier molecular flexibility index (Phi) is 5.24. The Morgan fingerprint density at radius 2 is 2.20 bits per heavy atom. The summed E-state index contributed by atoms with van der Waals surface area (Å²) in [6.07, 6.45) is 1.93. The zero-order valence-corrected chi connectivity index (χ0v) is 13.6. The number of piperazine rings is 1. The van der Waals surface area contributed by atoms with Gasteiger partial charge in [-0.2, -0.15) is 0 Å². The molecule has 1 N–H and O–H groups in total. The molecule has 2 heterocycles. The number of rotatable bonds is 4. The first kappa shape index (κ1) is 15.5. The molecule has 0 saturated carbocycles. The van der Waals surface area contributed by atoms with Crippen LogP contribution >= 0.6 is 11.6 Å². The lowest BCUT2D eigenvalue weighted by Crippen LogP contribution is -2.50. The van der Waals surface area contributed by atoms with Crippen LogP contribution in [0.3, 0.4) is 0 Å². The molecule has 0 aromatic carbocycles. The molecule has 1 saturated heterocycles. The predicted octanol–water partition coefficient (Wildman–Crippen LogP) is 2.37. The number of pyridine rings is 1. The van der Waals surface area contributed by atoms with Gasteiger partial charge in [-0.25, -0.2) is 4.98 Å². The minimum absolute atomic E-state index is 0.443. The number of aromatic nitrogens is 1. The fourth-order valence-electron chi connectivity index (χ4n) is 2.55. The first-order valence-corrected chi connectivity index (χ1v) is 7.68. The van der Waals surface area contributed by atoms with E-state index in [1.165, 1.54) is 0 Å². The van der Waals surface area contributed by atoms with Gasteiger partial charge in [0.05, 0.1) is 5.02 Å². The topological polar surface area (TPSA) is 31.4 Å². The average molecular weight is 297 g/mol. The van der Waals surface area contributed by atoms with Crippen molar-refractivity contribution in [2.75, 3.05) is 31.6 Å². The van der Waals surface area contributed by atoms with Gasteiger partial charge in [0.1, 0.15) is 5.82 Å². The van der Waals surface area contributed by atoms with Gasteiger partial charge in [0.15, 0.2) is 0 Å². The second-order valence-electron chi connectivity index (χ2n) is 5.99. The predicted molar refractivity (Wildman–Crippen MR) is 85.5 cm³/mol. The summed E-state index contributed by atoms with van der Waals surface area (Å²) >= 11 is 6.43. The van der Waals surface area contributed by atoms with Gasteiger partial charge in [0, 0.05) is 44.5 Å². The van der Waals surface area contributed by atoms with Crippen LogP contribution in [0.25, 0.3) is 0 Å². The van der Waals surface area contributed by atoms with Gasteiger partial charge in [-0.05, 0) is 25.6 Å². The molecule has 1 atom stereocenters. The Labute approximate surface area is 127 Å². The maximum Gasteiger partial charge on any atom is 0.147 e. The molecule has 1 aliphatic rings. The van der Waals surface area contributed by atoms with E-state index in [1.54, 1.807) is 0 Å². The van der Waals surface area contributed by atoms with Crippen molar-refractivity contribution < 1.29 is 0 Å². The van der Waals surface area contributed by atoms with E-state index in [2.05, 4.69) is 47.9 Å². The molecule has 20 heavy (non-hydrogen) atoms. The first-order valence-electron chi connectivity index (χ1n) is 7.30. The van der Waals surface area contributed by atoms with E-state index >= 15 is 0 Å². The lowest BCUT2D eigenvalue weighted by molar-refractivity contribution is 0.274. The molecule has 0 aliphatic carbocycles. The van der Waals surface area contributed by atoms with Crippen LogP contribution in [0, 0.1) is 0 Å². The molecule has 4 nitrogen and oxygen atoms in total. The van der Waals surface area contributed by atoms with Crippen LogP contribution in [0.4, 0.5) is 5.82 Å². The third-order valence-electron chi connectivity index (χ3n) is 3.70. The normalized spacial score (nSPS) is 20.7. The Morgan fingerprint density at radius 3 is 2.80 bits per heavy atom. The highest BCUT2D eigenvalue weighted by atomic mass is 35.5. The Bertz CT molecular complexity index is 449. The van der Waals surface area contributed by atoms with Gasteiger partial charge in [-0.15, -0.1) is 0 Å². The van der Waals surface area contributed by atoms with Crippen LogP contribution in [0.2, 0.25) is 5.02 Å². The monoisotopic (exact) mass is 296 g/mol. The van der Waals surface area contributed by atoms with E-state index in [1.807, 2.05) is 12.3 Å². The number of halogens is 1. The van der Waals surface area contributed by atoms with Crippen molar-refractivity contribution in [3.05, 3.63) is 22.8 Å². The Morgan fingerprint density at radius 1 is 1.45 bits per heavy atom. The van der Waals surface area contributed by atoms with Crippen molar-refractivity contribution in [2.24, 2.45) is 0 Å². The summed E-state index contributed by atoms with van der Waals surface area (Å²) < 4.78 is 0. The Hall–Kier alpha value is -0.840. The molecule has 0 radical (unpaired) electrons. The van der Waals surface area contributed by atoms with Crippen LogP contribution < -0.4 is 10.2 Å². The molecule has 1 fully saturated rings. The molecule has 112 valence electrons. The Balaban J connectivity index is 2.09. The first-order chi connectivity index (χ1) is 9.47. The third-order valence-corrected chi connectivity index (χ3v) is 3.97. The van der Waals surface area contributed by atoms with Crippen LogP contribution in [0.1, 0.15) is 26.3 Å². The van der Waals surface area contributed by atoms with Crippen molar-refractivity contribution in [1.82, 2.24) is 15.2 Å². The minimum atomic E-state index is 0.443. The highest BCUT2D eigenvalue weighted by molar-refractivity contribution is 6.33. The van der Waals surface area contributed by atoms with Crippen LogP contribution in [-0.2, 0) is 6.54 Å².